The minimum atomic E-state index is -1.10. The molecule has 1 aliphatic rings. The van der Waals surface area contributed by atoms with Crippen molar-refractivity contribution in [3.05, 3.63) is 12.2 Å². The van der Waals surface area contributed by atoms with Crippen LogP contribution in [0.2, 0.25) is 0 Å². The van der Waals surface area contributed by atoms with Crippen LogP contribution in [0.1, 0.15) is 46.2 Å². The first-order valence-corrected chi connectivity index (χ1v) is 10.3. The molecule has 4 unspecified atom stereocenters. The molecule has 1 fully saturated rings. The summed E-state index contributed by atoms with van der Waals surface area (Å²) in [6, 6.07) is 1.91. The maximum Gasteiger partial charge on any atom is 0.303 e. The Morgan fingerprint density at radius 3 is 2.45 bits per heavy atom. The van der Waals surface area contributed by atoms with Gasteiger partial charge in [0.1, 0.15) is 18.8 Å². The summed E-state index contributed by atoms with van der Waals surface area (Å²) in [4.78, 5) is 47.7. The molecule has 3 rings (SSSR count). The highest BCUT2D eigenvalue weighted by Gasteiger charge is 2.51. The molecule has 1 aliphatic heterocycles. The Labute approximate surface area is 189 Å². The highest BCUT2D eigenvalue weighted by atomic mass is 16.7. The molecule has 2 aromatic rings. The average Bonchev–Trinajstić information content (AvgIpc) is 3.31. The smallest absolute Gasteiger partial charge is 0.303 e. The van der Waals surface area contributed by atoms with Crippen molar-refractivity contribution in [2.75, 3.05) is 18.5 Å². The monoisotopic (exact) mass is 460 g/mol. The molecular weight excluding hydrogens is 436 g/mol. The summed E-state index contributed by atoms with van der Waals surface area (Å²) < 4.78 is 23.3. The molecule has 4 atom stereocenters. The number of imidazole rings is 1. The van der Waals surface area contributed by atoms with E-state index in [4.69, 9.17) is 18.9 Å². The van der Waals surface area contributed by atoms with Gasteiger partial charge in [-0.2, -0.15) is 15.2 Å². The Kier molecular flexibility index (Phi) is 7.39. The Bertz CT molecular complexity index is 1090. The van der Waals surface area contributed by atoms with Crippen molar-refractivity contribution < 1.29 is 33.3 Å². The van der Waals surface area contributed by atoms with Crippen LogP contribution in [0.15, 0.2) is 6.33 Å². The van der Waals surface area contributed by atoms with Crippen LogP contribution in [0, 0.1) is 11.3 Å². The summed E-state index contributed by atoms with van der Waals surface area (Å²) in [6.07, 6.45) is -1.92. The van der Waals surface area contributed by atoms with Crippen LogP contribution in [0.25, 0.3) is 11.2 Å². The van der Waals surface area contributed by atoms with Gasteiger partial charge in [0, 0.05) is 27.3 Å². The maximum absolute atomic E-state index is 11.8. The Morgan fingerprint density at radius 1 is 1.15 bits per heavy atom. The first kappa shape index (κ1) is 23.9. The molecule has 0 aliphatic carbocycles. The van der Waals surface area contributed by atoms with E-state index in [1.54, 1.807) is 0 Å². The lowest BCUT2D eigenvalue weighted by Gasteiger charge is -2.23. The van der Waals surface area contributed by atoms with Gasteiger partial charge < -0.3 is 24.3 Å². The van der Waals surface area contributed by atoms with Crippen molar-refractivity contribution in [3.8, 4) is 6.07 Å². The summed E-state index contributed by atoms with van der Waals surface area (Å²) >= 11 is 0. The average molecular weight is 460 g/mol. The molecule has 0 aromatic carbocycles. The van der Waals surface area contributed by atoms with Gasteiger partial charge in [-0.25, -0.2) is 4.98 Å². The van der Waals surface area contributed by atoms with Crippen LogP contribution < -0.4 is 5.32 Å². The number of nitriles is 1. The molecule has 0 amide bonds. The molecule has 2 aromatic heterocycles. The van der Waals surface area contributed by atoms with Gasteiger partial charge in [0.2, 0.25) is 5.82 Å². The number of carbonyl (C=O) groups excluding carboxylic acids is 3. The quantitative estimate of drug-likeness (QED) is 0.436. The van der Waals surface area contributed by atoms with Crippen molar-refractivity contribution in [2.45, 2.75) is 58.7 Å². The van der Waals surface area contributed by atoms with Crippen LogP contribution in [-0.4, -0.2) is 68.9 Å². The number of aromatic nitrogens is 4. The molecule has 13 nitrogen and oxygen atoms in total. The summed E-state index contributed by atoms with van der Waals surface area (Å²) in [6.45, 7) is 5.96. The molecule has 176 valence electrons. The molecule has 33 heavy (non-hydrogen) atoms. The number of anilines is 1. The normalized spacial score (nSPS) is 21.9. The number of rotatable bonds is 8. The zero-order valence-electron chi connectivity index (χ0n) is 18.6. The molecule has 1 N–H and O–H groups in total. The highest BCUT2D eigenvalue weighted by molar-refractivity contribution is 5.83. The van der Waals surface area contributed by atoms with Crippen LogP contribution in [0.5, 0.6) is 0 Å². The third-order valence-electron chi connectivity index (χ3n) is 4.68. The lowest BCUT2D eigenvalue weighted by atomic mass is 10.1. The highest BCUT2D eigenvalue weighted by Crippen LogP contribution is 2.36. The van der Waals surface area contributed by atoms with Gasteiger partial charge in [-0.15, -0.1) is 0 Å². The summed E-state index contributed by atoms with van der Waals surface area (Å²) in [5.41, 5.74) is 0.622. The number of nitrogens with one attached hydrogen (secondary N) is 1. The van der Waals surface area contributed by atoms with Crippen molar-refractivity contribution in [1.82, 2.24) is 19.5 Å². The zero-order chi connectivity index (χ0) is 24.1. The van der Waals surface area contributed by atoms with E-state index in [0.29, 0.717) is 17.9 Å². The molecule has 0 spiro atoms. The van der Waals surface area contributed by atoms with E-state index < -0.39 is 42.4 Å². The van der Waals surface area contributed by atoms with E-state index in [2.05, 4.69) is 20.3 Å². The maximum atomic E-state index is 11.8. The third-order valence-corrected chi connectivity index (χ3v) is 4.68. The van der Waals surface area contributed by atoms with E-state index >= 15 is 0 Å². The second-order valence-corrected chi connectivity index (χ2v) is 7.27. The van der Waals surface area contributed by atoms with Crippen molar-refractivity contribution in [3.63, 3.8) is 0 Å². The van der Waals surface area contributed by atoms with Gasteiger partial charge in [0.25, 0.3) is 0 Å². The topological polar surface area (TPSA) is 168 Å². The second kappa shape index (κ2) is 10.2. The lowest BCUT2D eigenvalue weighted by molar-refractivity contribution is -0.166. The largest absolute Gasteiger partial charge is 0.463 e. The SMILES string of the molecule is CCCNc1nc(C#N)nc2c1ncn2C1OC(COC(C)=O)C(OC(C)=O)C1OC(C)=O. The van der Waals surface area contributed by atoms with Gasteiger partial charge in [-0.05, 0) is 6.42 Å². The molecular formula is C20H24N6O7. The van der Waals surface area contributed by atoms with Crippen LogP contribution in [0.3, 0.4) is 0 Å². The molecule has 1 saturated heterocycles. The number of ether oxygens (including phenoxy) is 4. The third kappa shape index (κ3) is 5.35. The molecule has 0 radical (unpaired) electrons. The van der Waals surface area contributed by atoms with Gasteiger partial charge >= 0.3 is 17.9 Å². The van der Waals surface area contributed by atoms with Crippen molar-refractivity contribution in [1.29, 1.82) is 5.26 Å². The van der Waals surface area contributed by atoms with Crippen LogP contribution in [0.4, 0.5) is 5.82 Å². The van der Waals surface area contributed by atoms with Crippen molar-refractivity contribution >= 4 is 34.9 Å². The van der Waals surface area contributed by atoms with E-state index in [1.807, 2.05) is 13.0 Å². The first-order valence-electron chi connectivity index (χ1n) is 10.3. The fourth-order valence-corrected chi connectivity index (χ4v) is 3.44. The zero-order valence-corrected chi connectivity index (χ0v) is 18.6. The number of nitrogens with zero attached hydrogens (tertiary/aromatic N) is 5. The van der Waals surface area contributed by atoms with Crippen LogP contribution in [-0.2, 0) is 33.3 Å². The second-order valence-electron chi connectivity index (χ2n) is 7.27. The van der Waals surface area contributed by atoms with E-state index in [1.165, 1.54) is 31.7 Å². The Morgan fingerprint density at radius 2 is 1.85 bits per heavy atom. The lowest BCUT2D eigenvalue weighted by Crippen LogP contribution is -2.40. The minimum Gasteiger partial charge on any atom is -0.463 e. The van der Waals surface area contributed by atoms with E-state index in [-0.39, 0.29) is 18.1 Å². The number of esters is 3. The Hall–Kier alpha value is -3.79. The fourth-order valence-electron chi connectivity index (χ4n) is 3.44. The predicted molar refractivity (Wildman–Crippen MR) is 110 cm³/mol. The fraction of sp³-hybridized carbons (Fsp3) is 0.550. The number of hydrogen-bond donors (Lipinski definition) is 1. The predicted octanol–water partition coefficient (Wildman–Crippen LogP) is 0.844. The molecule has 13 heteroatoms. The first-order chi connectivity index (χ1) is 15.7. The van der Waals surface area contributed by atoms with Gasteiger partial charge in [0.15, 0.2) is 35.4 Å². The number of hydrogen-bond acceptors (Lipinski definition) is 12. The minimum absolute atomic E-state index is 0.0992. The van der Waals surface area contributed by atoms with E-state index in [9.17, 15) is 19.6 Å². The summed E-state index contributed by atoms with van der Waals surface area (Å²) in [5, 5.41) is 12.5. The van der Waals surface area contributed by atoms with E-state index in [0.717, 1.165) is 6.42 Å². The number of carbonyl (C=O) groups is 3. The molecule has 0 saturated carbocycles. The van der Waals surface area contributed by atoms with Crippen LogP contribution >= 0.6 is 0 Å². The molecule has 3 heterocycles. The Balaban J connectivity index is 2.07. The van der Waals surface area contributed by atoms with Gasteiger partial charge in [-0.1, -0.05) is 6.92 Å². The summed E-state index contributed by atoms with van der Waals surface area (Å²) in [5.74, 6) is -1.56. The number of fused-ring (bicyclic) bond motifs is 1. The van der Waals surface area contributed by atoms with Gasteiger partial charge in [0.05, 0.1) is 6.33 Å². The van der Waals surface area contributed by atoms with Gasteiger partial charge in [-0.3, -0.25) is 19.0 Å². The summed E-state index contributed by atoms with van der Waals surface area (Å²) in [7, 11) is 0. The standard InChI is InChI=1S/C20H24N6O7/c1-5-6-22-18-15-19(25-14(7-21)24-18)26(9-23-15)20-17(32-12(4)29)16(31-11(3)28)13(33-20)8-30-10(2)27/h9,13,16-17,20H,5-6,8H2,1-4H3,(H,22,24,25). The van der Waals surface area contributed by atoms with Crippen molar-refractivity contribution in [2.24, 2.45) is 0 Å². The molecule has 0 bridgehead atoms.